The topological polar surface area (TPSA) is 73.6 Å². The predicted octanol–water partition coefficient (Wildman–Crippen LogP) is 2.57. The minimum atomic E-state index is -0.443. The molecule has 3 N–H and O–H groups in total. The minimum Gasteiger partial charge on any atom is -0.486 e. The average molecular weight is 329 g/mol. The van der Waals surface area contributed by atoms with Gasteiger partial charge in [0.25, 0.3) is 0 Å². The Balaban J connectivity index is 0.00000242. The van der Waals surface area contributed by atoms with Gasteiger partial charge in [-0.2, -0.15) is 0 Å². The summed E-state index contributed by atoms with van der Waals surface area (Å²) in [7, 11) is 0. The van der Waals surface area contributed by atoms with Crippen molar-refractivity contribution in [3.63, 3.8) is 0 Å². The van der Waals surface area contributed by atoms with Crippen LogP contribution in [0, 0.1) is 0 Å². The van der Waals surface area contributed by atoms with Crippen molar-refractivity contribution in [2.45, 2.75) is 45.2 Å². The summed E-state index contributed by atoms with van der Waals surface area (Å²) in [4.78, 5) is 12.1. The van der Waals surface area contributed by atoms with Gasteiger partial charge in [0.1, 0.15) is 13.2 Å². The molecule has 2 atom stereocenters. The summed E-state index contributed by atoms with van der Waals surface area (Å²) in [6, 6.07) is 5.30. The zero-order valence-corrected chi connectivity index (χ0v) is 13.9. The molecule has 0 radical (unpaired) electrons. The Morgan fingerprint density at radius 1 is 1.27 bits per heavy atom. The van der Waals surface area contributed by atoms with Crippen molar-refractivity contribution in [3.05, 3.63) is 23.8 Å². The van der Waals surface area contributed by atoms with Crippen molar-refractivity contribution in [2.24, 2.45) is 5.73 Å². The van der Waals surface area contributed by atoms with Gasteiger partial charge in [0.2, 0.25) is 5.91 Å². The van der Waals surface area contributed by atoms with Gasteiger partial charge in [-0.1, -0.05) is 26.3 Å². The third-order valence-electron chi connectivity index (χ3n) is 3.63. The van der Waals surface area contributed by atoms with Crippen LogP contribution in [0.15, 0.2) is 18.2 Å². The van der Waals surface area contributed by atoms with E-state index >= 15 is 0 Å². The zero-order chi connectivity index (χ0) is 15.2. The van der Waals surface area contributed by atoms with Crippen molar-refractivity contribution in [1.29, 1.82) is 0 Å². The summed E-state index contributed by atoms with van der Waals surface area (Å²) in [6.45, 7) is 5.19. The number of nitrogens with two attached hydrogens (primary N) is 1. The van der Waals surface area contributed by atoms with Crippen LogP contribution in [0.2, 0.25) is 0 Å². The molecule has 0 saturated heterocycles. The molecule has 2 rings (SSSR count). The van der Waals surface area contributed by atoms with Crippen LogP contribution in [0.4, 0.5) is 0 Å². The number of carbonyl (C=O) groups is 1. The minimum absolute atomic E-state index is 0. The first kappa shape index (κ1) is 18.6. The Kier molecular flexibility index (Phi) is 7.48. The summed E-state index contributed by atoms with van der Waals surface area (Å²) in [6.07, 6.45) is 2.39. The quantitative estimate of drug-likeness (QED) is 0.841. The molecule has 1 aliphatic rings. The molecule has 22 heavy (non-hydrogen) atoms. The van der Waals surface area contributed by atoms with Gasteiger partial charge >= 0.3 is 0 Å². The summed E-state index contributed by atoms with van der Waals surface area (Å²) in [5.41, 5.74) is 6.88. The molecule has 6 heteroatoms. The van der Waals surface area contributed by atoms with Crippen LogP contribution in [0.1, 0.15) is 44.7 Å². The molecule has 124 valence electrons. The standard InChI is InChI=1S/C16H24N2O3.ClH/c1-3-5-12(17)16(19)18-13(4-2)11-6-7-14-15(10-11)21-9-8-20-14;/h6-7,10,12-13H,3-5,8-9,17H2,1-2H3,(H,18,19);1H. The summed E-state index contributed by atoms with van der Waals surface area (Å²) >= 11 is 0. The lowest BCUT2D eigenvalue weighted by atomic mass is 10.0. The van der Waals surface area contributed by atoms with Gasteiger partial charge in [-0.25, -0.2) is 0 Å². The highest BCUT2D eigenvalue weighted by Gasteiger charge is 2.20. The fourth-order valence-corrected chi connectivity index (χ4v) is 2.42. The van der Waals surface area contributed by atoms with Crippen molar-refractivity contribution in [1.82, 2.24) is 5.32 Å². The molecule has 1 aromatic rings. The molecule has 0 saturated carbocycles. The Hall–Kier alpha value is -1.46. The number of amides is 1. The molecule has 5 nitrogen and oxygen atoms in total. The Bertz CT molecular complexity index is 496. The third kappa shape index (κ3) is 4.52. The number of halogens is 1. The van der Waals surface area contributed by atoms with Crippen molar-refractivity contribution >= 4 is 18.3 Å². The maximum atomic E-state index is 12.1. The maximum Gasteiger partial charge on any atom is 0.237 e. The van der Waals surface area contributed by atoms with Crippen LogP contribution in [-0.4, -0.2) is 25.2 Å². The molecule has 1 amide bonds. The van der Waals surface area contributed by atoms with Crippen LogP contribution in [0.3, 0.4) is 0 Å². The lowest BCUT2D eigenvalue weighted by molar-refractivity contribution is -0.123. The van der Waals surface area contributed by atoms with E-state index in [0.29, 0.717) is 19.6 Å². The third-order valence-corrected chi connectivity index (χ3v) is 3.63. The van der Waals surface area contributed by atoms with Crippen LogP contribution >= 0.6 is 12.4 Å². The average Bonchev–Trinajstić information content (AvgIpc) is 2.52. The molecule has 0 spiro atoms. The monoisotopic (exact) mass is 328 g/mol. The fraction of sp³-hybridized carbons (Fsp3) is 0.562. The number of hydrogen-bond acceptors (Lipinski definition) is 4. The summed E-state index contributed by atoms with van der Waals surface area (Å²) in [5.74, 6) is 1.40. The lowest BCUT2D eigenvalue weighted by Gasteiger charge is -2.23. The Morgan fingerprint density at radius 3 is 2.59 bits per heavy atom. The highest BCUT2D eigenvalue weighted by molar-refractivity contribution is 5.85. The van der Waals surface area contributed by atoms with Gasteiger partial charge in [-0.15, -0.1) is 12.4 Å². The molecule has 0 aromatic heterocycles. The molecule has 0 aliphatic carbocycles. The molecule has 2 unspecified atom stereocenters. The smallest absolute Gasteiger partial charge is 0.237 e. The second-order valence-electron chi connectivity index (χ2n) is 5.27. The summed E-state index contributed by atoms with van der Waals surface area (Å²) < 4.78 is 11.1. The molecule has 1 heterocycles. The van der Waals surface area contributed by atoms with Gasteiger partial charge in [0.15, 0.2) is 11.5 Å². The van der Waals surface area contributed by atoms with Crippen LogP contribution < -0.4 is 20.5 Å². The van der Waals surface area contributed by atoms with Gasteiger partial charge in [0, 0.05) is 0 Å². The highest BCUT2D eigenvalue weighted by atomic mass is 35.5. The first-order valence-corrected chi connectivity index (χ1v) is 7.61. The van der Waals surface area contributed by atoms with Gasteiger partial charge in [0.05, 0.1) is 12.1 Å². The second-order valence-corrected chi connectivity index (χ2v) is 5.27. The zero-order valence-electron chi connectivity index (χ0n) is 13.1. The van der Waals surface area contributed by atoms with Crippen molar-refractivity contribution < 1.29 is 14.3 Å². The van der Waals surface area contributed by atoms with Gasteiger partial charge < -0.3 is 20.5 Å². The van der Waals surface area contributed by atoms with Gasteiger partial charge in [-0.05, 0) is 30.5 Å². The van der Waals surface area contributed by atoms with E-state index in [2.05, 4.69) is 5.32 Å². The van der Waals surface area contributed by atoms with E-state index in [1.807, 2.05) is 32.0 Å². The molecular formula is C16H25ClN2O3. The van der Waals surface area contributed by atoms with Gasteiger partial charge in [-0.3, -0.25) is 4.79 Å². The first-order chi connectivity index (χ1) is 10.2. The van der Waals surface area contributed by atoms with Crippen LogP contribution in [0.5, 0.6) is 11.5 Å². The van der Waals surface area contributed by atoms with E-state index in [9.17, 15) is 4.79 Å². The number of fused-ring (bicyclic) bond motifs is 1. The number of rotatable bonds is 6. The van der Waals surface area contributed by atoms with E-state index in [4.69, 9.17) is 15.2 Å². The van der Waals surface area contributed by atoms with E-state index in [1.165, 1.54) is 0 Å². The van der Waals surface area contributed by atoms with Crippen molar-refractivity contribution in [3.8, 4) is 11.5 Å². The SMILES string of the molecule is CCCC(N)C(=O)NC(CC)c1ccc2c(c1)OCCO2.Cl. The van der Waals surface area contributed by atoms with Crippen LogP contribution in [0.25, 0.3) is 0 Å². The number of ether oxygens (including phenoxy) is 2. The lowest BCUT2D eigenvalue weighted by Crippen LogP contribution is -2.42. The van der Waals surface area contributed by atoms with Crippen molar-refractivity contribution in [2.75, 3.05) is 13.2 Å². The molecule has 1 aliphatic heterocycles. The predicted molar refractivity (Wildman–Crippen MR) is 88.7 cm³/mol. The number of nitrogens with one attached hydrogen (secondary N) is 1. The first-order valence-electron chi connectivity index (χ1n) is 7.61. The number of carbonyl (C=O) groups excluding carboxylic acids is 1. The number of benzene rings is 1. The molecular weight excluding hydrogens is 304 g/mol. The summed E-state index contributed by atoms with van der Waals surface area (Å²) in [5, 5.41) is 3.01. The Labute approximate surface area is 138 Å². The highest BCUT2D eigenvalue weighted by Crippen LogP contribution is 2.33. The van der Waals surface area contributed by atoms with E-state index in [-0.39, 0.29) is 24.4 Å². The molecule has 0 bridgehead atoms. The molecule has 1 aromatic carbocycles. The maximum absolute atomic E-state index is 12.1. The van der Waals surface area contributed by atoms with E-state index in [1.54, 1.807) is 0 Å². The normalized spacial score (nSPS) is 15.4. The fourth-order valence-electron chi connectivity index (χ4n) is 2.42. The van der Waals surface area contributed by atoms with Crippen LogP contribution in [-0.2, 0) is 4.79 Å². The second kappa shape index (κ2) is 8.86. The number of hydrogen-bond donors (Lipinski definition) is 2. The Morgan fingerprint density at radius 2 is 1.95 bits per heavy atom. The molecule has 0 fully saturated rings. The van der Waals surface area contributed by atoms with E-state index < -0.39 is 6.04 Å². The van der Waals surface area contributed by atoms with E-state index in [0.717, 1.165) is 29.9 Å². The largest absolute Gasteiger partial charge is 0.486 e.